The Morgan fingerprint density at radius 1 is 1.29 bits per heavy atom. The van der Waals surface area contributed by atoms with E-state index in [1.807, 2.05) is 6.92 Å². The van der Waals surface area contributed by atoms with Gasteiger partial charge in [0, 0.05) is 0 Å². The highest BCUT2D eigenvalue weighted by atomic mass is 16.4. The minimum atomic E-state index is -1.24. The first kappa shape index (κ1) is 21.1. The number of fused-ring (bicyclic) bond motifs is 3. The van der Waals surface area contributed by atoms with Crippen molar-refractivity contribution in [1.82, 2.24) is 5.32 Å². The average Bonchev–Trinajstić information content (AvgIpc) is 2.64. The Labute approximate surface area is 168 Å². The summed E-state index contributed by atoms with van der Waals surface area (Å²) < 4.78 is 0. The van der Waals surface area contributed by atoms with Crippen LogP contribution >= 0.6 is 0 Å². The summed E-state index contributed by atoms with van der Waals surface area (Å²) in [6.45, 7) is 8.26. The number of rotatable bonds is 5. The molecule has 0 aliphatic heterocycles. The van der Waals surface area contributed by atoms with E-state index in [9.17, 15) is 19.8 Å². The lowest BCUT2D eigenvalue weighted by molar-refractivity contribution is -0.151. The molecule has 0 aromatic rings. The van der Waals surface area contributed by atoms with Gasteiger partial charge in [0.15, 0.2) is 0 Å². The van der Waals surface area contributed by atoms with Crippen LogP contribution in [0.25, 0.3) is 0 Å². The molecule has 3 aliphatic carbocycles. The first-order valence-electron chi connectivity index (χ1n) is 10.7. The lowest BCUT2D eigenvalue weighted by atomic mass is 9.46. The van der Waals surface area contributed by atoms with E-state index in [1.165, 1.54) is 11.1 Å². The van der Waals surface area contributed by atoms with Crippen LogP contribution in [0, 0.1) is 28.6 Å². The van der Waals surface area contributed by atoms with Gasteiger partial charge in [-0.2, -0.15) is 0 Å². The largest absolute Gasteiger partial charge is 0.480 e. The Kier molecular flexibility index (Phi) is 5.77. The highest BCUT2D eigenvalue weighted by molar-refractivity contribution is 5.87. The summed E-state index contributed by atoms with van der Waals surface area (Å²) >= 11 is 0. The van der Waals surface area contributed by atoms with Crippen molar-refractivity contribution in [3.05, 3.63) is 23.3 Å². The third-order valence-corrected chi connectivity index (χ3v) is 7.88. The summed E-state index contributed by atoms with van der Waals surface area (Å²) in [5.74, 6) is -0.196. The van der Waals surface area contributed by atoms with Crippen LogP contribution in [0.2, 0.25) is 0 Å². The monoisotopic (exact) mass is 389 g/mol. The van der Waals surface area contributed by atoms with Crippen LogP contribution < -0.4 is 5.32 Å². The van der Waals surface area contributed by atoms with E-state index in [0.717, 1.165) is 38.5 Å². The third-order valence-electron chi connectivity index (χ3n) is 7.88. The number of carboxylic acids is 1. The third kappa shape index (κ3) is 3.42. The molecule has 1 amide bonds. The summed E-state index contributed by atoms with van der Waals surface area (Å²) in [4.78, 5) is 24.5. The average molecular weight is 390 g/mol. The summed E-state index contributed by atoms with van der Waals surface area (Å²) in [6, 6.07) is -1.24. The summed E-state index contributed by atoms with van der Waals surface area (Å²) in [5, 5.41) is 21.1. The van der Waals surface area contributed by atoms with E-state index in [2.05, 4.69) is 38.2 Å². The topological polar surface area (TPSA) is 86.6 Å². The van der Waals surface area contributed by atoms with Gasteiger partial charge in [0.05, 0.1) is 12.0 Å². The fraction of sp³-hybridized carbons (Fsp3) is 0.739. The number of carboxylic acid groups (broad SMARTS) is 1. The van der Waals surface area contributed by atoms with Crippen LogP contribution in [0.5, 0.6) is 0 Å². The molecular formula is C23H35NO4. The number of hydrogen-bond acceptors (Lipinski definition) is 3. The smallest absolute Gasteiger partial charge is 0.328 e. The van der Waals surface area contributed by atoms with E-state index >= 15 is 0 Å². The quantitative estimate of drug-likeness (QED) is 0.669. The van der Waals surface area contributed by atoms with Crippen LogP contribution in [0.15, 0.2) is 23.3 Å². The predicted octanol–water partition coefficient (Wildman–Crippen LogP) is 3.68. The zero-order chi connectivity index (χ0) is 20.7. The minimum absolute atomic E-state index is 0.0470. The standard InChI is InChI=1S/C23H35NO4/c1-14(2)15-6-8-17-16(12-15)7-9-19-22(17,3)10-5-11-23(19,4)21(28)24-18(13-25)20(26)27/h7,12,14,17-19,25H,5-6,8-11,13H2,1-4H3,(H,24,28)(H,26,27)/t17-,18?,19?,22-,23+/m1/s1. The predicted molar refractivity (Wildman–Crippen MR) is 109 cm³/mol. The molecule has 0 aromatic carbocycles. The number of carbonyl (C=O) groups excluding carboxylic acids is 1. The van der Waals surface area contributed by atoms with Gasteiger partial charge < -0.3 is 15.5 Å². The summed E-state index contributed by atoms with van der Waals surface area (Å²) in [7, 11) is 0. The van der Waals surface area contributed by atoms with E-state index in [1.54, 1.807) is 0 Å². The molecular weight excluding hydrogens is 354 g/mol. The van der Waals surface area contributed by atoms with Crippen LogP contribution in [0.3, 0.4) is 0 Å². The van der Waals surface area contributed by atoms with E-state index in [4.69, 9.17) is 0 Å². The van der Waals surface area contributed by atoms with Gasteiger partial charge in [-0.25, -0.2) is 4.79 Å². The number of hydrogen-bond donors (Lipinski definition) is 3. The maximum absolute atomic E-state index is 13.2. The normalized spacial score (nSPS) is 35.9. The molecule has 1 saturated carbocycles. The summed E-state index contributed by atoms with van der Waals surface area (Å²) in [5.41, 5.74) is 2.40. The van der Waals surface area contributed by atoms with Crippen molar-refractivity contribution in [2.24, 2.45) is 28.6 Å². The fourth-order valence-electron chi connectivity index (χ4n) is 6.12. The molecule has 28 heavy (non-hydrogen) atoms. The van der Waals surface area contributed by atoms with Crippen molar-refractivity contribution in [3.63, 3.8) is 0 Å². The first-order valence-corrected chi connectivity index (χ1v) is 10.7. The number of allylic oxidation sites excluding steroid dienone is 4. The molecule has 5 atom stereocenters. The van der Waals surface area contributed by atoms with E-state index in [0.29, 0.717) is 11.8 Å². The van der Waals surface area contributed by atoms with Gasteiger partial charge in [-0.05, 0) is 60.8 Å². The van der Waals surface area contributed by atoms with Crippen molar-refractivity contribution in [1.29, 1.82) is 0 Å². The van der Waals surface area contributed by atoms with Gasteiger partial charge in [0.25, 0.3) is 0 Å². The molecule has 0 spiro atoms. The van der Waals surface area contributed by atoms with Crippen LogP contribution in [0.4, 0.5) is 0 Å². The van der Waals surface area contributed by atoms with Crippen LogP contribution in [-0.4, -0.2) is 34.7 Å². The van der Waals surface area contributed by atoms with Crippen LogP contribution in [-0.2, 0) is 9.59 Å². The SMILES string of the molecule is CC(C)C1=CC2=CCC3[C@](C)(CCC[C@]3(C)C(=O)NC(CO)C(=O)O)[C@@H]2CC1. The molecule has 0 bridgehead atoms. The van der Waals surface area contributed by atoms with Gasteiger partial charge >= 0.3 is 5.97 Å². The molecule has 2 unspecified atom stereocenters. The van der Waals surface area contributed by atoms with Crippen molar-refractivity contribution in [2.75, 3.05) is 6.61 Å². The molecule has 3 aliphatic rings. The second-order valence-corrected chi connectivity index (χ2v) is 9.78. The lowest BCUT2D eigenvalue weighted by Gasteiger charge is -2.57. The van der Waals surface area contributed by atoms with Gasteiger partial charge in [-0.1, -0.05) is 51.8 Å². The molecule has 5 heteroatoms. The van der Waals surface area contributed by atoms with Gasteiger partial charge in [0.2, 0.25) is 5.91 Å². The Morgan fingerprint density at radius 3 is 2.61 bits per heavy atom. The van der Waals surface area contributed by atoms with E-state index in [-0.39, 0.29) is 17.2 Å². The molecule has 0 aromatic heterocycles. The van der Waals surface area contributed by atoms with Crippen molar-refractivity contribution in [2.45, 2.75) is 72.3 Å². The number of aliphatic carboxylic acids is 1. The zero-order valence-electron chi connectivity index (χ0n) is 17.6. The molecule has 1 fully saturated rings. The number of aliphatic hydroxyl groups is 1. The number of aliphatic hydroxyl groups excluding tert-OH is 1. The van der Waals surface area contributed by atoms with Crippen molar-refractivity contribution >= 4 is 11.9 Å². The maximum Gasteiger partial charge on any atom is 0.328 e. The van der Waals surface area contributed by atoms with Crippen molar-refractivity contribution in [3.8, 4) is 0 Å². The van der Waals surface area contributed by atoms with E-state index < -0.39 is 24.0 Å². The molecule has 3 N–H and O–H groups in total. The van der Waals surface area contributed by atoms with Crippen molar-refractivity contribution < 1.29 is 19.8 Å². The molecule has 156 valence electrons. The number of amides is 1. The highest BCUT2D eigenvalue weighted by Gasteiger charge is 2.57. The molecule has 3 rings (SSSR count). The summed E-state index contributed by atoms with van der Waals surface area (Å²) in [6.07, 6.45) is 10.7. The first-order chi connectivity index (χ1) is 13.1. The van der Waals surface area contributed by atoms with Crippen LogP contribution in [0.1, 0.15) is 66.2 Å². The Bertz CT molecular complexity index is 709. The number of carbonyl (C=O) groups is 2. The van der Waals surface area contributed by atoms with Gasteiger partial charge in [-0.15, -0.1) is 0 Å². The molecule has 0 radical (unpaired) electrons. The van der Waals surface area contributed by atoms with Gasteiger partial charge in [-0.3, -0.25) is 4.79 Å². The maximum atomic E-state index is 13.2. The Hall–Kier alpha value is -1.62. The molecule has 5 nitrogen and oxygen atoms in total. The zero-order valence-corrected chi connectivity index (χ0v) is 17.6. The Morgan fingerprint density at radius 2 is 2.00 bits per heavy atom. The highest BCUT2D eigenvalue weighted by Crippen LogP contribution is 2.62. The second kappa shape index (κ2) is 7.66. The molecule has 0 heterocycles. The lowest BCUT2D eigenvalue weighted by Crippen LogP contribution is -2.58. The second-order valence-electron chi connectivity index (χ2n) is 9.78. The van der Waals surface area contributed by atoms with Gasteiger partial charge in [0.1, 0.15) is 6.04 Å². The Balaban J connectivity index is 1.90. The molecule has 0 saturated heterocycles. The number of nitrogens with one attached hydrogen (secondary N) is 1. The minimum Gasteiger partial charge on any atom is -0.480 e. The fourth-order valence-corrected chi connectivity index (χ4v) is 6.12.